The molecule has 0 fully saturated rings. The first-order valence-electron chi connectivity index (χ1n) is 8.68. The summed E-state index contributed by atoms with van der Waals surface area (Å²) in [7, 11) is 1.63. The van der Waals surface area contributed by atoms with Crippen LogP contribution in [-0.2, 0) is 17.7 Å². The van der Waals surface area contributed by atoms with Crippen molar-refractivity contribution in [2.24, 2.45) is 5.73 Å². The van der Waals surface area contributed by atoms with Crippen LogP contribution in [0.2, 0.25) is 0 Å². The molecule has 0 bridgehead atoms. The van der Waals surface area contributed by atoms with Gasteiger partial charge >= 0.3 is 0 Å². The number of benzene rings is 1. The van der Waals surface area contributed by atoms with Gasteiger partial charge in [-0.25, -0.2) is 15.0 Å². The molecular weight excluding hydrogens is 346 g/mol. The Morgan fingerprint density at radius 2 is 2.04 bits per heavy atom. The highest BCUT2D eigenvalue weighted by atomic mass is 16.5. The van der Waals surface area contributed by atoms with Crippen LogP contribution in [0.5, 0.6) is 5.75 Å². The summed E-state index contributed by atoms with van der Waals surface area (Å²) in [5.74, 6) is 1.26. The van der Waals surface area contributed by atoms with E-state index in [9.17, 15) is 0 Å². The van der Waals surface area contributed by atoms with Gasteiger partial charge in [-0.2, -0.15) is 0 Å². The van der Waals surface area contributed by atoms with Crippen molar-refractivity contribution < 1.29 is 14.6 Å². The summed E-state index contributed by atoms with van der Waals surface area (Å²) in [6.07, 6.45) is 5.66. The number of imidazole rings is 1. The molecule has 2 aromatic heterocycles. The summed E-state index contributed by atoms with van der Waals surface area (Å²) in [5.41, 5.74) is 9.39. The zero-order valence-electron chi connectivity index (χ0n) is 15.2. The standard InChI is InChI=1S/C19H23N5O3/c1-26-15-4-2-3-14(11-15)18-16(5-9-27-10-8-25)22-19(23-17(18)12-20)24-7-6-21-13-24/h2-4,6-7,11,13,25H,5,8-10,12,20H2,1H3. The second-order valence-electron chi connectivity index (χ2n) is 5.78. The molecule has 2 heterocycles. The number of nitrogens with zero attached hydrogens (tertiary/aromatic N) is 4. The third-order valence-corrected chi connectivity index (χ3v) is 4.05. The van der Waals surface area contributed by atoms with E-state index in [1.165, 1.54) is 0 Å². The van der Waals surface area contributed by atoms with Crippen molar-refractivity contribution in [1.82, 2.24) is 19.5 Å². The largest absolute Gasteiger partial charge is 0.497 e. The third-order valence-electron chi connectivity index (χ3n) is 4.05. The molecule has 27 heavy (non-hydrogen) atoms. The quantitative estimate of drug-likeness (QED) is 0.548. The molecule has 0 aliphatic heterocycles. The highest BCUT2D eigenvalue weighted by Gasteiger charge is 2.17. The Hall–Kier alpha value is -2.81. The zero-order valence-corrected chi connectivity index (χ0v) is 15.2. The molecule has 0 unspecified atom stereocenters. The Morgan fingerprint density at radius 3 is 2.74 bits per heavy atom. The minimum absolute atomic E-state index is 0.0130. The van der Waals surface area contributed by atoms with E-state index >= 15 is 0 Å². The fourth-order valence-electron chi connectivity index (χ4n) is 2.81. The summed E-state index contributed by atoms with van der Waals surface area (Å²) in [6, 6.07) is 7.73. The van der Waals surface area contributed by atoms with Gasteiger partial charge in [0.2, 0.25) is 5.95 Å². The number of ether oxygens (including phenoxy) is 2. The topological polar surface area (TPSA) is 108 Å². The van der Waals surface area contributed by atoms with Gasteiger partial charge < -0.3 is 20.3 Å². The maximum Gasteiger partial charge on any atom is 0.235 e. The highest BCUT2D eigenvalue weighted by Crippen LogP contribution is 2.29. The second-order valence-corrected chi connectivity index (χ2v) is 5.78. The van der Waals surface area contributed by atoms with E-state index < -0.39 is 0 Å². The monoisotopic (exact) mass is 369 g/mol. The van der Waals surface area contributed by atoms with Crippen molar-refractivity contribution in [3.05, 3.63) is 54.4 Å². The average molecular weight is 369 g/mol. The van der Waals surface area contributed by atoms with E-state index in [4.69, 9.17) is 25.3 Å². The molecule has 0 atom stereocenters. The van der Waals surface area contributed by atoms with Crippen LogP contribution in [0.1, 0.15) is 11.4 Å². The van der Waals surface area contributed by atoms with Gasteiger partial charge in [-0.05, 0) is 17.7 Å². The second kappa shape index (κ2) is 9.22. The molecule has 8 heteroatoms. The van der Waals surface area contributed by atoms with E-state index in [0.717, 1.165) is 28.3 Å². The highest BCUT2D eigenvalue weighted by molar-refractivity contribution is 5.70. The van der Waals surface area contributed by atoms with Crippen LogP contribution in [0.15, 0.2) is 43.0 Å². The maximum absolute atomic E-state index is 8.91. The molecule has 0 aliphatic carbocycles. The van der Waals surface area contributed by atoms with Gasteiger partial charge in [0.15, 0.2) is 0 Å². The molecule has 0 aliphatic rings. The predicted molar refractivity (Wildman–Crippen MR) is 101 cm³/mol. The Morgan fingerprint density at radius 1 is 1.19 bits per heavy atom. The smallest absolute Gasteiger partial charge is 0.235 e. The van der Waals surface area contributed by atoms with E-state index in [0.29, 0.717) is 19.0 Å². The van der Waals surface area contributed by atoms with Crippen molar-refractivity contribution >= 4 is 0 Å². The fraction of sp³-hybridized carbons (Fsp3) is 0.316. The summed E-state index contributed by atoms with van der Waals surface area (Å²) >= 11 is 0. The Balaban J connectivity index is 2.07. The molecule has 0 amide bonds. The van der Waals surface area contributed by atoms with Crippen LogP contribution in [0.4, 0.5) is 0 Å². The van der Waals surface area contributed by atoms with E-state index in [1.54, 1.807) is 30.4 Å². The van der Waals surface area contributed by atoms with E-state index in [1.807, 2.05) is 24.3 Å². The Kier molecular flexibility index (Phi) is 6.48. The molecular formula is C19H23N5O3. The van der Waals surface area contributed by atoms with Crippen LogP contribution in [-0.4, -0.2) is 51.6 Å². The molecule has 3 N–H and O–H groups in total. The molecule has 1 aromatic carbocycles. The molecule has 0 saturated heterocycles. The number of hydrogen-bond donors (Lipinski definition) is 2. The summed E-state index contributed by atoms with van der Waals surface area (Å²) in [4.78, 5) is 13.4. The third kappa shape index (κ3) is 4.48. The van der Waals surface area contributed by atoms with Crippen LogP contribution >= 0.6 is 0 Å². The molecule has 142 valence electrons. The Bertz CT molecular complexity index is 868. The lowest BCUT2D eigenvalue weighted by Crippen LogP contribution is -2.14. The van der Waals surface area contributed by atoms with Crippen molar-refractivity contribution in [3.63, 3.8) is 0 Å². The van der Waals surface area contributed by atoms with Crippen molar-refractivity contribution in [2.75, 3.05) is 26.9 Å². The summed E-state index contributed by atoms with van der Waals surface area (Å²) in [5, 5.41) is 8.91. The summed E-state index contributed by atoms with van der Waals surface area (Å²) < 4.78 is 12.5. The van der Waals surface area contributed by atoms with E-state index in [-0.39, 0.29) is 19.8 Å². The zero-order chi connectivity index (χ0) is 19.1. The minimum Gasteiger partial charge on any atom is -0.497 e. The van der Waals surface area contributed by atoms with Crippen LogP contribution < -0.4 is 10.5 Å². The number of nitrogens with two attached hydrogens (primary N) is 1. The van der Waals surface area contributed by atoms with E-state index in [2.05, 4.69) is 9.97 Å². The van der Waals surface area contributed by atoms with Crippen LogP contribution in [0.3, 0.4) is 0 Å². The first-order valence-corrected chi connectivity index (χ1v) is 8.68. The molecule has 3 aromatic rings. The van der Waals surface area contributed by atoms with Gasteiger partial charge in [0.25, 0.3) is 0 Å². The number of hydrogen-bond acceptors (Lipinski definition) is 7. The van der Waals surface area contributed by atoms with Gasteiger partial charge in [-0.1, -0.05) is 12.1 Å². The van der Waals surface area contributed by atoms with Crippen molar-refractivity contribution in [3.8, 4) is 22.8 Å². The predicted octanol–water partition coefficient (Wildman–Crippen LogP) is 1.35. The lowest BCUT2D eigenvalue weighted by molar-refractivity contribution is 0.0941. The van der Waals surface area contributed by atoms with Crippen molar-refractivity contribution in [1.29, 1.82) is 0 Å². The van der Waals surface area contributed by atoms with Gasteiger partial charge in [0.1, 0.15) is 12.1 Å². The number of rotatable bonds is 9. The van der Waals surface area contributed by atoms with Crippen LogP contribution in [0, 0.1) is 0 Å². The lowest BCUT2D eigenvalue weighted by Gasteiger charge is -2.16. The lowest BCUT2D eigenvalue weighted by atomic mass is 10.00. The molecule has 0 radical (unpaired) electrons. The molecule has 0 saturated carbocycles. The minimum atomic E-state index is -0.0130. The van der Waals surface area contributed by atoms with Gasteiger partial charge in [-0.15, -0.1) is 0 Å². The number of methoxy groups -OCH3 is 1. The molecule has 0 spiro atoms. The van der Waals surface area contributed by atoms with Crippen LogP contribution in [0.25, 0.3) is 17.1 Å². The molecule has 3 rings (SSSR count). The van der Waals surface area contributed by atoms with Crippen molar-refractivity contribution in [2.45, 2.75) is 13.0 Å². The Labute approximate surface area is 157 Å². The molecule has 8 nitrogen and oxygen atoms in total. The summed E-state index contributed by atoms with van der Waals surface area (Å²) in [6.45, 7) is 0.974. The van der Waals surface area contributed by atoms with Gasteiger partial charge in [-0.3, -0.25) is 4.57 Å². The average Bonchev–Trinajstić information content (AvgIpc) is 3.25. The first kappa shape index (κ1) is 19.0. The maximum atomic E-state index is 8.91. The van der Waals surface area contributed by atoms with Gasteiger partial charge in [0.05, 0.1) is 38.3 Å². The number of aliphatic hydroxyl groups is 1. The number of aromatic nitrogens is 4. The van der Waals surface area contributed by atoms with Gasteiger partial charge in [0, 0.05) is 30.9 Å². The SMILES string of the molecule is COc1cccc(-c2c(CN)nc(-n3ccnc3)nc2CCOCCO)c1. The number of aliphatic hydroxyl groups excluding tert-OH is 1. The fourth-order valence-corrected chi connectivity index (χ4v) is 2.81. The first-order chi connectivity index (χ1) is 13.3. The normalized spacial score (nSPS) is 10.9.